The third-order valence-corrected chi connectivity index (χ3v) is 2.33. The minimum Gasteiger partial charge on any atom is -0.399 e. The summed E-state index contributed by atoms with van der Waals surface area (Å²) in [6, 6.07) is 5.86. The first kappa shape index (κ1) is 9.55. The molecule has 3 heteroatoms. The predicted octanol–water partition coefficient (Wildman–Crippen LogP) is 2.09. The van der Waals surface area contributed by atoms with E-state index in [0.717, 1.165) is 16.7 Å². The molecule has 0 bridgehead atoms. The minimum atomic E-state index is 0.815. The normalized spacial score (nSPS) is 10.7. The summed E-state index contributed by atoms with van der Waals surface area (Å²) in [5.74, 6) is 0. The van der Waals surface area contributed by atoms with Crippen molar-refractivity contribution in [3.05, 3.63) is 28.2 Å². The number of anilines is 1. The highest BCUT2D eigenvalue weighted by Crippen LogP contribution is 2.20. The number of nitrogens with two attached hydrogens (primary N) is 1. The molecule has 1 rings (SSSR count). The maximum Gasteiger partial charge on any atom is 0.0318 e. The number of benzene rings is 1. The van der Waals surface area contributed by atoms with Crippen LogP contribution in [0.1, 0.15) is 5.56 Å². The molecule has 2 N–H and O–H groups in total. The van der Waals surface area contributed by atoms with Gasteiger partial charge in [-0.05, 0) is 37.9 Å². The summed E-state index contributed by atoms with van der Waals surface area (Å²) in [5.41, 5.74) is 7.70. The standard InChI is InChI=1S/C9H13BrN2/c1-12(2)6-7-5-8(11)3-4-9(7)10/h3-5H,6,11H2,1-2H3. The van der Waals surface area contributed by atoms with Crippen LogP contribution in [0.25, 0.3) is 0 Å². The minimum absolute atomic E-state index is 0.815. The van der Waals surface area contributed by atoms with Gasteiger partial charge in [-0.2, -0.15) is 0 Å². The molecule has 2 nitrogen and oxygen atoms in total. The van der Waals surface area contributed by atoms with Crippen LogP contribution in [-0.2, 0) is 6.54 Å². The molecular formula is C9H13BrN2. The van der Waals surface area contributed by atoms with Crippen LogP contribution in [0.5, 0.6) is 0 Å². The van der Waals surface area contributed by atoms with E-state index in [-0.39, 0.29) is 0 Å². The van der Waals surface area contributed by atoms with E-state index in [4.69, 9.17) is 5.73 Å². The topological polar surface area (TPSA) is 29.3 Å². The Morgan fingerprint density at radius 2 is 2.08 bits per heavy atom. The molecule has 12 heavy (non-hydrogen) atoms. The fourth-order valence-corrected chi connectivity index (χ4v) is 1.43. The van der Waals surface area contributed by atoms with E-state index in [0.29, 0.717) is 0 Å². The molecular weight excluding hydrogens is 216 g/mol. The molecule has 0 aromatic heterocycles. The van der Waals surface area contributed by atoms with E-state index in [1.165, 1.54) is 5.56 Å². The summed E-state index contributed by atoms with van der Waals surface area (Å²) in [4.78, 5) is 2.11. The molecule has 0 radical (unpaired) electrons. The Hall–Kier alpha value is -0.540. The number of rotatable bonds is 2. The average molecular weight is 229 g/mol. The molecule has 1 aromatic carbocycles. The monoisotopic (exact) mass is 228 g/mol. The van der Waals surface area contributed by atoms with Crippen LogP contribution in [0.4, 0.5) is 5.69 Å². The number of hydrogen-bond donors (Lipinski definition) is 1. The molecule has 0 amide bonds. The first-order valence-electron chi connectivity index (χ1n) is 3.78. The lowest BCUT2D eigenvalue weighted by Crippen LogP contribution is -2.11. The predicted molar refractivity (Wildman–Crippen MR) is 55.9 cm³/mol. The maximum absolute atomic E-state index is 5.66. The van der Waals surface area contributed by atoms with Crippen LogP contribution in [0.3, 0.4) is 0 Å². The van der Waals surface area contributed by atoms with Gasteiger partial charge in [-0.15, -0.1) is 0 Å². The van der Waals surface area contributed by atoms with Gasteiger partial charge in [0.05, 0.1) is 0 Å². The van der Waals surface area contributed by atoms with E-state index in [1.54, 1.807) is 0 Å². The van der Waals surface area contributed by atoms with Crippen LogP contribution in [-0.4, -0.2) is 19.0 Å². The van der Waals surface area contributed by atoms with Crippen LogP contribution in [0, 0.1) is 0 Å². The van der Waals surface area contributed by atoms with Gasteiger partial charge in [0.25, 0.3) is 0 Å². The molecule has 0 atom stereocenters. The van der Waals surface area contributed by atoms with Crippen molar-refractivity contribution in [2.24, 2.45) is 0 Å². The molecule has 0 unspecified atom stereocenters. The van der Waals surface area contributed by atoms with E-state index < -0.39 is 0 Å². The van der Waals surface area contributed by atoms with Gasteiger partial charge in [-0.3, -0.25) is 0 Å². The Kier molecular flexibility index (Phi) is 3.12. The van der Waals surface area contributed by atoms with E-state index in [9.17, 15) is 0 Å². The Morgan fingerprint density at radius 1 is 1.42 bits per heavy atom. The van der Waals surface area contributed by atoms with Crippen molar-refractivity contribution in [1.29, 1.82) is 0 Å². The van der Waals surface area contributed by atoms with Gasteiger partial charge in [-0.25, -0.2) is 0 Å². The molecule has 0 aliphatic heterocycles. The highest BCUT2D eigenvalue weighted by atomic mass is 79.9. The number of halogens is 1. The van der Waals surface area contributed by atoms with Gasteiger partial charge in [0.2, 0.25) is 0 Å². The Labute approximate surface area is 81.5 Å². The molecule has 0 fully saturated rings. The zero-order valence-corrected chi connectivity index (χ0v) is 8.93. The zero-order chi connectivity index (χ0) is 9.14. The van der Waals surface area contributed by atoms with E-state index in [2.05, 4.69) is 20.8 Å². The molecule has 66 valence electrons. The molecule has 0 aliphatic rings. The Balaban J connectivity index is 2.90. The lowest BCUT2D eigenvalue weighted by Gasteiger charge is -2.11. The lowest BCUT2D eigenvalue weighted by atomic mass is 10.2. The van der Waals surface area contributed by atoms with E-state index >= 15 is 0 Å². The largest absolute Gasteiger partial charge is 0.399 e. The van der Waals surface area contributed by atoms with Crippen molar-refractivity contribution in [2.75, 3.05) is 19.8 Å². The van der Waals surface area contributed by atoms with Crippen molar-refractivity contribution < 1.29 is 0 Å². The molecule has 0 aliphatic carbocycles. The highest BCUT2D eigenvalue weighted by molar-refractivity contribution is 9.10. The first-order chi connectivity index (χ1) is 5.59. The number of nitrogens with zero attached hydrogens (tertiary/aromatic N) is 1. The summed E-state index contributed by atoms with van der Waals surface area (Å²) in [5, 5.41) is 0. The molecule has 0 saturated carbocycles. The van der Waals surface area contributed by atoms with Crippen molar-refractivity contribution in [3.8, 4) is 0 Å². The van der Waals surface area contributed by atoms with Crippen LogP contribution >= 0.6 is 15.9 Å². The van der Waals surface area contributed by atoms with Gasteiger partial charge in [0.1, 0.15) is 0 Å². The van der Waals surface area contributed by atoms with Gasteiger partial charge in [0, 0.05) is 16.7 Å². The third-order valence-electron chi connectivity index (χ3n) is 1.56. The van der Waals surface area contributed by atoms with Crippen LogP contribution in [0.15, 0.2) is 22.7 Å². The number of hydrogen-bond acceptors (Lipinski definition) is 2. The third kappa shape index (κ3) is 2.50. The van der Waals surface area contributed by atoms with Crippen LogP contribution in [0.2, 0.25) is 0 Å². The Bertz CT molecular complexity index is 271. The average Bonchev–Trinajstić information content (AvgIpc) is 1.96. The van der Waals surface area contributed by atoms with Crippen molar-refractivity contribution in [2.45, 2.75) is 6.54 Å². The van der Waals surface area contributed by atoms with Crippen LogP contribution < -0.4 is 5.73 Å². The maximum atomic E-state index is 5.66. The molecule has 0 spiro atoms. The first-order valence-corrected chi connectivity index (χ1v) is 4.57. The number of nitrogen functional groups attached to an aromatic ring is 1. The molecule has 1 aromatic rings. The molecule has 0 heterocycles. The highest BCUT2D eigenvalue weighted by Gasteiger charge is 2.00. The summed E-state index contributed by atoms with van der Waals surface area (Å²) in [6.45, 7) is 0.908. The SMILES string of the molecule is CN(C)Cc1cc(N)ccc1Br. The zero-order valence-electron chi connectivity index (χ0n) is 7.34. The summed E-state index contributed by atoms with van der Waals surface area (Å²) < 4.78 is 1.12. The second kappa shape index (κ2) is 3.92. The van der Waals surface area contributed by atoms with Gasteiger partial charge < -0.3 is 10.6 Å². The smallest absolute Gasteiger partial charge is 0.0318 e. The van der Waals surface area contributed by atoms with Gasteiger partial charge >= 0.3 is 0 Å². The lowest BCUT2D eigenvalue weighted by molar-refractivity contribution is 0.402. The molecule has 0 saturated heterocycles. The van der Waals surface area contributed by atoms with Gasteiger partial charge in [0.15, 0.2) is 0 Å². The van der Waals surface area contributed by atoms with Gasteiger partial charge in [-0.1, -0.05) is 15.9 Å². The fraction of sp³-hybridized carbons (Fsp3) is 0.333. The van der Waals surface area contributed by atoms with E-state index in [1.807, 2.05) is 32.3 Å². The summed E-state index contributed by atoms with van der Waals surface area (Å²) in [6.07, 6.45) is 0. The Morgan fingerprint density at radius 3 is 2.67 bits per heavy atom. The summed E-state index contributed by atoms with van der Waals surface area (Å²) >= 11 is 3.48. The second-order valence-corrected chi connectivity index (χ2v) is 3.94. The second-order valence-electron chi connectivity index (χ2n) is 3.09. The van der Waals surface area contributed by atoms with Crippen molar-refractivity contribution >= 4 is 21.6 Å². The van der Waals surface area contributed by atoms with Crippen molar-refractivity contribution in [1.82, 2.24) is 4.90 Å². The fourth-order valence-electron chi connectivity index (χ4n) is 1.06. The van der Waals surface area contributed by atoms with Crippen molar-refractivity contribution in [3.63, 3.8) is 0 Å². The summed E-state index contributed by atoms with van der Waals surface area (Å²) in [7, 11) is 4.07. The quantitative estimate of drug-likeness (QED) is 0.787.